The number of rotatable bonds is 3. The topological polar surface area (TPSA) is 45.0 Å². The average molecular weight is 237 g/mol. The minimum Gasteiger partial charge on any atom is -0.483 e. The Bertz CT molecular complexity index is 430. The SMILES string of the molecule is CCC1(Oc2cc(Cl)ccc2C#N)CNC1. The molecule has 0 radical (unpaired) electrons. The molecule has 0 amide bonds. The Morgan fingerprint density at radius 1 is 1.56 bits per heavy atom. The molecule has 1 aliphatic rings. The van der Waals surface area contributed by atoms with E-state index in [-0.39, 0.29) is 5.60 Å². The van der Waals surface area contributed by atoms with Crippen molar-refractivity contribution in [2.45, 2.75) is 18.9 Å². The molecule has 1 heterocycles. The molecule has 0 saturated carbocycles. The third-order valence-corrected chi connectivity index (χ3v) is 3.16. The highest BCUT2D eigenvalue weighted by atomic mass is 35.5. The van der Waals surface area contributed by atoms with Crippen LogP contribution in [0.2, 0.25) is 5.02 Å². The van der Waals surface area contributed by atoms with Gasteiger partial charge in [-0.1, -0.05) is 18.5 Å². The van der Waals surface area contributed by atoms with Gasteiger partial charge in [0, 0.05) is 24.2 Å². The Morgan fingerprint density at radius 3 is 2.81 bits per heavy atom. The van der Waals surface area contributed by atoms with E-state index in [1.807, 2.05) is 0 Å². The van der Waals surface area contributed by atoms with E-state index in [9.17, 15) is 0 Å². The minimum absolute atomic E-state index is 0.170. The van der Waals surface area contributed by atoms with Crippen LogP contribution >= 0.6 is 11.6 Å². The van der Waals surface area contributed by atoms with Gasteiger partial charge in [-0.2, -0.15) is 5.26 Å². The van der Waals surface area contributed by atoms with Crippen molar-refractivity contribution in [2.24, 2.45) is 0 Å². The van der Waals surface area contributed by atoms with Gasteiger partial charge in [0.1, 0.15) is 17.4 Å². The number of halogens is 1. The molecule has 2 rings (SSSR count). The number of benzene rings is 1. The van der Waals surface area contributed by atoms with Gasteiger partial charge in [0.25, 0.3) is 0 Å². The summed E-state index contributed by atoms with van der Waals surface area (Å²) in [6.07, 6.45) is 0.914. The molecule has 0 bridgehead atoms. The zero-order valence-electron chi connectivity index (χ0n) is 9.09. The van der Waals surface area contributed by atoms with E-state index < -0.39 is 0 Å². The van der Waals surface area contributed by atoms with E-state index in [0.29, 0.717) is 16.3 Å². The van der Waals surface area contributed by atoms with Gasteiger partial charge in [0.15, 0.2) is 0 Å². The molecule has 16 heavy (non-hydrogen) atoms. The summed E-state index contributed by atoms with van der Waals surface area (Å²) in [5.74, 6) is 0.582. The molecule has 0 unspecified atom stereocenters. The van der Waals surface area contributed by atoms with Crippen LogP contribution in [-0.4, -0.2) is 18.7 Å². The smallest absolute Gasteiger partial charge is 0.139 e. The van der Waals surface area contributed by atoms with Crippen LogP contribution in [0, 0.1) is 11.3 Å². The van der Waals surface area contributed by atoms with Gasteiger partial charge < -0.3 is 10.1 Å². The molecule has 0 aromatic heterocycles. The predicted octanol–water partition coefficient (Wildman–Crippen LogP) is 2.34. The molecular formula is C12H13ClN2O. The van der Waals surface area contributed by atoms with E-state index in [1.54, 1.807) is 18.2 Å². The molecular weight excluding hydrogens is 224 g/mol. The quantitative estimate of drug-likeness (QED) is 0.876. The summed E-state index contributed by atoms with van der Waals surface area (Å²) in [6.45, 7) is 3.72. The van der Waals surface area contributed by atoms with E-state index in [1.165, 1.54) is 0 Å². The van der Waals surface area contributed by atoms with Crippen molar-refractivity contribution in [1.82, 2.24) is 5.32 Å². The third-order valence-electron chi connectivity index (χ3n) is 2.93. The van der Waals surface area contributed by atoms with Crippen LogP contribution < -0.4 is 10.1 Å². The van der Waals surface area contributed by atoms with Gasteiger partial charge in [-0.25, -0.2) is 0 Å². The van der Waals surface area contributed by atoms with E-state index in [4.69, 9.17) is 21.6 Å². The monoisotopic (exact) mass is 236 g/mol. The first kappa shape index (κ1) is 11.3. The Morgan fingerprint density at radius 2 is 2.31 bits per heavy atom. The normalized spacial score (nSPS) is 17.3. The molecule has 1 fully saturated rings. The second-order valence-corrected chi connectivity index (χ2v) is 4.43. The molecule has 4 heteroatoms. The molecule has 84 valence electrons. The molecule has 1 aromatic rings. The predicted molar refractivity (Wildman–Crippen MR) is 62.7 cm³/mol. The zero-order chi connectivity index (χ0) is 11.6. The van der Waals surface area contributed by atoms with Crippen molar-refractivity contribution in [3.63, 3.8) is 0 Å². The second-order valence-electron chi connectivity index (χ2n) is 3.99. The van der Waals surface area contributed by atoms with Crippen molar-refractivity contribution in [2.75, 3.05) is 13.1 Å². The van der Waals surface area contributed by atoms with Crippen molar-refractivity contribution in [3.05, 3.63) is 28.8 Å². The zero-order valence-corrected chi connectivity index (χ0v) is 9.84. The van der Waals surface area contributed by atoms with E-state index in [2.05, 4.69) is 18.3 Å². The fourth-order valence-electron chi connectivity index (χ4n) is 1.70. The van der Waals surface area contributed by atoms with Crippen LogP contribution in [0.5, 0.6) is 5.75 Å². The van der Waals surface area contributed by atoms with Gasteiger partial charge in [-0.05, 0) is 18.6 Å². The van der Waals surface area contributed by atoms with Gasteiger partial charge >= 0.3 is 0 Å². The summed E-state index contributed by atoms with van der Waals surface area (Å²) in [5, 5.41) is 12.8. The number of hydrogen-bond donors (Lipinski definition) is 1. The number of nitriles is 1. The maximum Gasteiger partial charge on any atom is 0.139 e. The Balaban J connectivity index is 2.26. The first-order chi connectivity index (χ1) is 7.69. The maximum atomic E-state index is 8.98. The Hall–Kier alpha value is -1.24. The lowest BCUT2D eigenvalue weighted by molar-refractivity contribution is 0.0127. The Kier molecular flexibility index (Phi) is 3.04. The molecule has 0 atom stereocenters. The minimum atomic E-state index is -0.170. The number of hydrogen-bond acceptors (Lipinski definition) is 3. The van der Waals surface area contributed by atoms with Crippen molar-refractivity contribution in [1.29, 1.82) is 5.26 Å². The first-order valence-electron chi connectivity index (χ1n) is 5.28. The van der Waals surface area contributed by atoms with Crippen LogP contribution in [0.4, 0.5) is 0 Å². The highest BCUT2D eigenvalue weighted by Gasteiger charge is 2.37. The summed E-state index contributed by atoms with van der Waals surface area (Å²) >= 11 is 5.90. The summed E-state index contributed by atoms with van der Waals surface area (Å²) < 4.78 is 5.92. The second kappa shape index (κ2) is 4.32. The summed E-state index contributed by atoms with van der Waals surface area (Å²) in [4.78, 5) is 0. The van der Waals surface area contributed by atoms with E-state index >= 15 is 0 Å². The molecule has 0 aliphatic carbocycles. The van der Waals surface area contributed by atoms with Crippen LogP contribution in [-0.2, 0) is 0 Å². The molecule has 1 N–H and O–H groups in total. The molecule has 0 spiro atoms. The number of nitrogens with one attached hydrogen (secondary N) is 1. The van der Waals surface area contributed by atoms with Gasteiger partial charge in [-0.15, -0.1) is 0 Å². The molecule has 1 saturated heterocycles. The lowest BCUT2D eigenvalue weighted by Gasteiger charge is -2.42. The number of nitrogens with zero attached hydrogens (tertiary/aromatic N) is 1. The standard InChI is InChI=1S/C12H13ClN2O/c1-2-12(7-15-8-12)16-11-5-10(13)4-3-9(11)6-14/h3-5,15H,2,7-8H2,1H3. The average Bonchev–Trinajstić information content (AvgIpc) is 2.24. The highest BCUT2D eigenvalue weighted by molar-refractivity contribution is 6.30. The molecule has 1 aliphatic heterocycles. The fraction of sp³-hybridized carbons (Fsp3) is 0.417. The van der Waals surface area contributed by atoms with Gasteiger partial charge in [-0.3, -0.25) is 0 Å². The fourth-order valence-corrected chi connectivity index (χ4v) is 1.87. The highest BCUT2D eigenvalue weighted by Crippen LogP contribution is 2.29. The first-order valence-corrected chi connectivity index (χ1v) is 5.66. The lowest BCUT2D eigenvalue weighted by Crippen LogP contribution is -2.62. The summed E-state index contributed by atoms with van der Waals surface area (Å²) in [6, 6.07) is 7.20. The van der Waals surface area contributed by atoms with Gasteiger partial charge in [0.05, 0.1) is 5.56 Å². The number of ether oxygens (including phenoxy) is 1. The largest absolute Gasteiger partial charge is 0.483 e. The molecule has 3 nitrogen and oxygen atoms in total. The van der Waals surface area contributed by atoms with Gasteiger partial charge in [0.2, 0.25) is 0 Å². The lowest BCUT2D eigenvalue weighted by atomic mass is 9.93. The summed E-state index contributed by atoms with van der Waals surface area (Å²) in [7, 11) is 0. The maximum absolute atomic E-state index is 8.98. The molecule has 1 aromatic carbocycles. The third kappa shape index (κ3) is 1.99. The van der Waals surface area contributed by atoms with Crippen LogP contribution in [0.15, 0.2) is 18.2 Å². The van der Waals surface area contributed by atoms with Crippen molar-refractivity contribution in [3.8, 4) is 11.8 Å². The van der Waals surface area contributed by atoms with Crippen molar-refractivity contribution >= 4 is 11.6 Å². The van der Waals surface area contributed by atoms with E-state index in [0.717, 1.165) is 19.5 Å². The van der Waals surface area contributed by atoms with Crippen molar-refractivity contribution < 1.29 is 4.74 Å². The van der Waals surface area contributed by atoms with Crippen LogP contribution in [0.3, 0.4) is 0 Å². The van der Waals surface area contributed by atoms with Crippen LogP contribution in [0.25, 0.3) is 0 Å². The van der Waals surface area contributed by atoms with Crippen LogP contribution in [0.1, 0.15) is 18.9 Å². The Labute approximate surface area is 100.0 Å². The summed E-state index contributed by atoms with van der Waals surface area (Å²) in [5.41, 5.74) is 0.361.